The summed E-state index contributed by atoms with van der Waals surface area (Å²) in [6, 6.07) is 6.95. The van der Waals surface area contributed by atoms with E-state index in [0.29, 0.717) is 0 Å². The van der Waals surface area contributed by atoms with E-state index >= 15 is 0 Å². The molecule has 152 valence electrons. The lowest BCUT2D eigenvalue weighted by Gasteiger charge is -2.35. The van der Waals surface area contributed by atoms with Crippen LogP contribution in [-0.4, -0.2) is 35.4 Å². The van der Waals surface area contributed by atoms with Crippen molar-refractivity contribution in [3.05, 3.63) is 35.4 Å². The fourth-order valence-electron chi connectivity index (χ4n) is 3.09. The zero-order valence-corrected chi connectivity index (χ0v) is 18.3. The number of thioether (sulfide) groups is 1. The largest absolute Gasteiger partial charge is 0.478 e. The Hall–Kier alpha value is -1.53. The monoisotopic (exact) mass is 395 g/mol. The van der Waals surface area contributed by atoms with Gasteiger partial charge in [-0.2, -0.15) is 0 Å². The topological polar surface area (TPSA) is 75.6 Å². The second-order valence-corrected chi connectivity index (χ2v) is 9.68. The van der Waals surface area contributed by atoms with Crippen LogP contribution in [0, 0.1) is 11.3 Å². The van der Waals surface area contributed by atoms with Crippen molar-refractivity contribution >= 4 is 23.7 Å². The second-order valence-electron chi connectivity index (χ2n) is 8.58. The molecular formula is C21H33NO4S. The summed E-state index contributed by atoms with van der Waals surface area (Å²) in [5.74, 6) is -0.365. The third-order valence-corrected chi connectivity index (χ3v) is 5.91. The highest BCUT2D eigenvalue weighted by molar-refractivity contribution is 7.99. The molecule has 0 aliphatic rings. The van der Waals surface area contributed by atoms with Crippen molar-refractivity contribution in [3.8, 4) is 0 Å². The molecule has 0 saturated carbocycles. The lowest BCUT2D eigenvalue weighted by Crippen LogP contribution is -2.36. The first-order valence-corrected chi connectivity index (χ1v) is 10.3. The number of hydrogen-bond donors (Lipinski definition) is 2. The number of carbonyl (C=O) groups excluding carboxylic acids is 1. The Labute approximate surface area is 167 Å². The number of esters is 1. The summed E-state index contributed by atoms with van der Waals surface area (Å²) in [6.45, 7) is 11.9. The average Bonchev–Trinajstić information content (AvgIpc) is 2.54. The van der Waals surface area contributed by atoms with Gasteiger partial charge in [-0.3, -0.25) is 4.79 Å². The van der Waals surface area contributed by atoms with E-state index in [1.807, 2.05) is 46.9 Å². The minimum atomic E-state index is -0.922. The first-order valence-electron chi connectivity index (χ1n) is 9.22. The van der Waals surface area contributed by atoms with Crippen LogP contribution >= 0.6 is 11.8 Å². The van der Waals surface area contributed by atoms with Gasteiger partial charge in [0.2, 0.25) is 0 Å². The van der Waals surface area contributed by atoms with E-state index in [1.165, 1.54) is 0 Å². The predicted molar refractivity (Wildman–Crippen MR) is 111 cm³/mol. The number of benzene rings is 1. The minimum absolute atomic E-state index is 0.0401. The third kappa shape index (κ3) is 7.93. The number of carboxylic acids is 1. The number of aromatic carboxylic acids is 1. The Morgan fingerprint density at radius 2 is 1.70 bits per heavy atom. The van der Waals surface area contributed by atoms with Crippen molar-refractivity contribution in [1.82, 2.24) is 5.32 Å². The lowest BCUT2D eigenvalue weighted by atomic mass is 9.83. The Morgan fingerprint density at radius 3 is 2.15 bits per heavy atom. The molecule has 0 bridgehead atoms. The Morgan fingerprint density at radius 1 is 1.15 bits per heavy atom. The SMILES string of the molecule is CNC(SCC(C)(C)CC(C)(C)OC(=O)C(C)C)c1ccc(C(=O)O)cc1. The fourth-order valence-corrected chi connectivity index (χ4v) is 4.32. The fraction of sp³-hybridized carbons (Fsp3) is 0.619. The van der Waals surface area contributed by atoms with Crippen LogP contribution in [-0.2, 0) is 9.53 Å². The molecule has 0 aromatic heterocycles. The molecule has 0 saturated heterocycles. The van der Waals surface area contributed by atoms with E-state index in [0.717, 1.165) is 17.7 Å². The van der Waals surface area contributed by atoms with Crippen LogP contribution in [0.3, 0.4) is 0 Å². The molecule has 1 aromatic carbocycles. The van der Waals surface area contributed by atoms with E-state index in [2.05, 4.69) is 19.2 Å². The maximum Gasteiger partial charge on any atom is 0.335 e. The van der Waals surface area contributed by atoms with Gasteiger partial charge in [-0.1, -0.05) is 39.8 Å². The van der Waals surface area contributed by atoms with Crippen LogP contribution in [0.2, 0.25) is 0 Å². The summed E-state index contributed by atoms with van der Waals surface area (Å²) < 4.78 is 5.67. The molecule has 0 fully saturated rings. The molecular weight excluding hydrogens is 362 g/mol. The molecule has 0 aliphatic heterocycles. The molecule has 1 unspecified atom stereocenters. The van der Waals surface area contributed by atoms with Gasteiger partial charge in [-0.05, 0) is 50.4 Å². The van der Waals surface area contributed by atoms with Gasteiger partial charge >= 0.3 is 11.9 Å². The molecule has 0 radical (unpaired) electrons. The van der Waals surface area contributed by atoms with Crippen LogP contribution in [0.4, 0.5) is 0 Å². The Kier molecular flexibility index (Phi) is 8.36. The van der Waals surface area contributed by atoms with Gasteiger partial charge in [0.1, 0.15) is 5.60 Å². The number of hydrogen-bond acceptors (Lipinski definition) is 5. The molecule has 27 heavy (non-hydrogen) atoms. The zero-order chi connectivity index (χ0) is 20.8. The van der Waals surface area contributed by atoms with E-state index < -0.39 is 11.6 Å². The smallest absolute Gasteiger partial charge is 0.335 e. The third-order valence-electron chi connectivity index (χ3n) is 4.12. The van der Waals surface area contributed by atoms with Crippen molar-refractivity contribution in [2.45, 2.75) is 58.9 Å². The van der Waals surface area contributed by atoms with Crippen molar-refractivity contribution in [2.24, 2.45) is 11.3 Å². The molecule has 0 spiro atoms. The van der Waals surface area contributed by atoms with Crippen LogP contribution in [0.25, 0.3) is 0 Å². The van der Waals surface area contributed by atoms with Crippen LogP contribution in [0.5, 0.6) is 0 Å². The molecule has 1 atom stereocenters. The minimum Gasteiger partial charge on any atom is -0.478 e. The summed E-state index contributed by atoms with van der Waals surface area (Å²) in [6.07, 6.45) is 0.750. The van der Waals surface area contributed by atoms with Crippen molar-refractivity contribution < 1.29 is 19.4 Å². The molecule has 0 aliphatic carbocycles. The molecule has 1 rings (SSSR count). The van der Waals surface area contributed by atoms with Gasteiger partial charge < -0.3 is 15.2 Å². The van der Waals surface area contributed by atoms with Gasteiger partial charge in [-0.25, -0.2) is 4.79 Å². The van der Waals surface area contributed by atoms with Gasteiger partial charge in [0.25, 0.3) is 0 Å². The highest BCUT2D eigenvalue weighted by Crippen LogP contribution is 2.37. The number of ether oxygens (including phenoxy) is 1. The molecule has 2 N–H and O–H groups in total. The maximum atomic E-state index is 11.9. The van der Waals surface area contributed by atoms with E-state index in [4.69, 9.17) is 9.84 Å². The first-order chi connectivity index (χ1) is 12.4. The highest BCUT2D eigenvalue weighted by atomic mass is 32.2. The standard InChI is InChI=1S/C21H33NO4S/c1-14(2)19(25)26-21(5,6)12-20(3,4)13-27-17(22-7)15-8-10-16(11-9-15)18(23)24/h8-11,14,17,22H,12-13H2,1-7H3,(H,23,24). The second kappa shape index (κ2) is 9.60. The molecule has 0 amide bonds. The van der Waals surface area contributed by atoms with Crippen molar-refractivity contribution in [3.63, 3.8) is 0 Å². The van der Waals surface area contributed by atoms with Crippen LogP contribution in [0.15, 0.2) is 24.3 Å². The summed E-state index contributed by atoms with van der Waals surface area (Å²) in [4.78, 5) is 22.9. The summed E-state index contributed by atoms with van der Waals surface area (Å²) in [5, 5.41) is 12.4. The van der Waals surface area contributed by atoms with E-state index in [9.17, 15) is 9.59 Å². The summed E-state index contributed by atoms with van der Waals surface area (Å²) >= 11 is 1.76. The van der Waals surface area contributed by atoms with Gasteiger partial charge in [0.15, 0.2) is 0 Å². The number of nitrogens with one attached hydrogen (secondary N) is 1. The predicted octanol–water partition coefficient (Wildman–Crippen LogP) is 4.73. The number of carboxylic acid groups (broad SMARTS) is 1. The maximum absolute atomic E-state index is 11.9. The molecule has 0 heterocycles. The Balaban J connectivity index is 2.71. The number of carbonyl (C=O) groups is 2. The highest BCUT2D eigenvalue weighted by Gasteiger charge is 2.33. The summed E-state index contributed by atoms with van der Waals surface area (Å²) in [7, 11) is 1.89. The first kappa shape index (κ1) is 23.5. The van der Waals surface area contributed by atoms with Gasteiger partial charge in [-0.15, -0.1) is 11.8 Å². The van der Waals surface area contributed by atoms with E-state index in [1.54, 1.807) is 23.9 Å². The van der Waals surface area contributed by atoms with Crippen LogP contribution < -0.4 is 5.32 Å². The summed E-state index contributed by atoms with van der Waals surface area (Å²) in [5.41, 5.74) is 0.757. The van der Waals surface area contributed by atoms with E-state index in [-0.39, 0.29) is 28.2 Å². The van der Waals surface area contributed by atoms with Gasteiger partial charge in [0, 0.05) is 5.75 Å². The average molecular weight is 396 g/mol. The normalized spacial score (nSPS) is 13.5. The Bertz CT molecular complexity index is 638. The molecule has 1 aromatic rings. The zero-order valence-electron chi connectivity index (χ0n) is 17.5. The van der Waals surface area contributed by atoms with Crippen molar-refractivity contribution in [1.29, 1.82) is 0 Å². The quantitative estimate of drug-likeness (QED) is 0.441. The number of rotatable bonds is 10. The molecule has 5 nitrogen and oxygen atoms in total. The van der Waals surface area contributed by atoms with Gasteiger partial charge in [0.05, 0.1) is 16.9 Å². The lowest BCUT2D eigenvalue weighted by molar-refractivity contribution is -0.162. The van der Waals surface area contributed by atoms with Crippen molar-refractivity contribution in [2.75, 3.05) is 12.8 Å². The van der Waals surface area contributed by atoms with Crippen LogP contribution in [0.1, 0.15) is 69.3 Å². The molecule has 6 heteroatoms.